The molecule has 1 aromatic heterocycles. The van der Waals surface area contributed by atoms with Gasteiger partial charge in [-0.2, -0.15) is 0 Å². The number of nitrogens with one attached hydrogen (secondary N) is 2. The number of hydrogen-bond acceptors (Lipinski definition) is 6. The summed E-state index contributed by atoms with van der Waals surface area (Å²) in [5.74, 6) is 0. The summed E-state index contributed by atoms with van der Waals surface area (Å²) in [5, 5.41) is 10.8. The quantitative estimate of drug-likeness (QED) is 0.839. The predicted molar refractivity (Wildman–Crippen MR) is 84.1 cm³/mol. The number of sulfonamides is 1. The highest BCUT2D eigenvalue weighted by Crippen LogP contribution is 2.25. The summed E-state index contributed by atoms with van der Waals surface area (Å²) >= 11 is 7.11. The van der Waals surface area contributed by atoms with E-state index in [1.807, 2.05) is 13.8 Å². The van der Waals surface area contributed by atoms with Gasteiger partial charge in [-0.25, -0.2) is 8.42 Å². The maximum atomic E-state index is 12.3. The minimum Gasteiger partial charge on any atom is -0.310 e. The van der Waals surface area contributed by atoms with Crippen molar-refractivity contribution in [2.75, 3.05) is 4.72 Å². The average Bonchev–Trinajstić information content (AvgIpc) is 2.89. The van der Waals surface area contributed by atoms with Gasteiger partial charge in [0, 0.05) is 12.6 Å². The molecule has 0 aliphatic rings. The fraction of sp³-hybridized carbons (Fsp3) is 0.333. The number of anilines is 1. The minimum absolute atomic E-state index is 0.0300. The highest BCUT2D eigenvalue weighted by atomic mass is 35.5. The molecule has 21 heavy (non-hydrogen) atoms. The van der Waals surface area contributed by atoms with Crippen LogP contribution in [0.15, 0.2) is 28.6 Å². The first-order valence-electron chi connectivity index (χ1n) is 6.19. The van der Waals surface area contributed by atoms with Crippen LogP contribution >= 0.6 is 22.9 Å². The molecule has 0 aliphatic heterocycles. The Hall–Kier alpha value is -1.22. The molecule has 2 rings (SSSR count). The summed E-state index contributed by atoms with van der Waals surface area (Å²) in [5.41, 5.74) is 2.29. The van der Waals surface area contributed by atoms with Gasteiger partial charge in [0.15, 0.2) is 0 Å². The molecule has 0 radical (unpaired) electrons. The van der Waals surface area contributed by atoms with Gasteiger partial charge >= 0.3 is 0 Å². The van der Waals surface area contributed by atoms with Crippen molar-refractivity contribution in [1.29, 1.82) is 0 Å². The molecule has 6 nitrogen and oxygen atoms in total. The average molecular weight is 347 g/mol. The molecule has 1 heterocycles. The van der Waals surface area contributed by atoms with Gasteiger partial charge in [-0.3, -0.25) is 4.72 Å². The van der Waals surface area contributed by atoms with E-state index < -0.39 is 10.0 Å². The topological polar surface area (TPSA) is 84.0 Å². The Bertz CT molecular complexity index is 702. The first-order valence-corrected chi connectivity index (χ1v) is 8.93. The molecule has 2 aromatic rings. The lowest BCUT2D eigenvalue weighted by molar-refractivity contribution is 0.587. The maximum Gasteiger partial charge on any atom is 0.265 e. The summed E-state index contributed by atoms with van der Waals surface area (Å²) in [6.07, 6.45) is 0. The Morgan fingerprint density at radius 2 is 2.14 bits per heavy atom. The number of halogens is 1. The number of rotatable bonds is 6. The van der Waals surface area contributed by atoms with E-state index in [1.54, 1.807) is 18.2 Å². The molecule has 0 unspecified atom stereocenters. The van der Waals surface area contributed by atoms with Crippen LogP contribution in [0.25, 0.3) is 0 Å². The molecule has 0 bridgehead atoms. The summed E-state index contributed by atoms with van der Waals surface area (Å²) in [4.78, 5) is 0.0300. The van der Waals surface area contributed by atoms with Crippen molar-refractivity contribution >= 4 is 38.1 Å². The summed E-state index contributed by atoms with van der Waals surface area (Å²) in [6.45, 7) is 4.60. The van der Waals surface area contributed by atoms with Gasteiger partial charge in [0.2, 0.25) is 5.13 Å². The molecular weight excluding hydrogens is 332 g/mol. The van der Waals surface area contributed by atoms with Crippen molar-refractivity contribution in [3.05, 3.63) is 34.3 Å². The number of benzene rings is 1. The number of hydrogen-bond donors (Lipinski definition) is 2. The standard InChI is InChI=1S/C12H15ClN4O2S2/c1-8(2)14-6-9-3-4-10(13)11(5-9)21(18,19)17-12-16-15-7-20-12/h3-5,7-8,14H,6H2,1-2H3,(H,16,17). The molecular formula is C12H15ClN4O2S2. The minimum atomic E-state index is -3.78. The molecule has 2 N–H and O–H groups in total. The molecule has 0 amide bonds. The van der Waals surface area contributed by atoms with Gasteiger partial charge in [-0.15, -0.1) is 10.2 Å². The van der Waals surface area contributed by atoms with E-state index in [0.29, 0.717) is 12.6 Å². The molecule has 1 aromatic carbocycles. The zero-order valence-corrected chi connectivity index (χ0v) is 13.9. The van der Waals surface area contributed by atoms with E-state index >= 15 is 0 Å². The molecule has 114 valence electrons. The van der Waals surface area contributed by atoms with Crippen LogP contribution < -0.4 is 10.0 Å². The maximum absolute atomic E-state index is 12.3. The molecule has 0 atom stereocenters. The van der Waals surface area contributed by atoms with Gasteiger partial charge in [0.05, 0.1) is 5.02 Å². The fourth-order valence-corrected chi connectivity index (χ4v) is 3.82. The van der Waals surface area contributed by atoms with Crippen LogP contribution in [0, 0.1) is 0 Å². The van der Waals surface area contributed by atoms with Crippen LogP contribution in [-0.2, 0) is 16.6 Å². The Kier molecular flexibility index (Phi) is 5.15. The predicted octanol–water partition coefficient (Wildman–Crippen LogP) is 2.49. The zero-order chi connectivity index (χ0) is 15.5. The molecule has 0 spiro atoms. The molecule has 0 aliphatic carbocycles. The van der Waals surface area contributed by atoms with Crippen LogP contribution in [0.3, 0.4) is 0 Å². The van der Waals surface area contributed by atoms with Crippen molar-refractivity contribution in [3.63, 3.8) is 0 Å². The van der Waals surface area contributed by atoms with Gasteiger partial charge < -0.3 is 5.32 Å². The third-order valence-electron chi connectivity index (χ3n) is 2.58. The fourth-order valence-electron chi connectivity index (χ4n) is 1.57. The summed E-state index contributed by atoms with van der Waals surface area (Å²) in [6, 6.07) is 5.23. The van der Waals surface area contributed by atoms with E-state index in [9.17, 15) is 8.42 Å². The lowest BCUT2D eigenvalue weighted by atomic mass is 10.2. The largest absolute Gasteiger partial charge is 0.310 e. The van der Waals surface area contributed by atoms with E-state index in [2.05, 4.69) is 20.2 Å². The zero-order valence-electron chi connectivity index (χ0n) is 11.5. The number of aromatic nitrogens is 2. The van der Waals surface area contributed by atoms with Crippen molar-refractivity contribution in [2.24, 2.45) is 0 Å². The van der Waals surface area contributed by atoms with E-state index in [4.69, 9.17) is 11.6 Å². The third-order valence-corrected chi connectivity index (χ3v) is 5.14. The SMILES string of the molecule is CC(C)NCc1ccc(Cl)c(S(=O)(=O)Nc2nncs2)c1. The second-order valence-electron chi connectivity index (χ2n) is 4.65. The highest BCUT2D eigenvalue weighted by molar-refractivity contribution is 7.93. The second-order valence-corrected chi connectivity index (χ2v) is 7.54. The Balaban J connectivity index is 2.27. The highest BCUT2D eigenvalue weighted by Gasteiger charge is 2.20. The van der Waals surface area contributed by atoms with Crippen LogP contribution in [0.2, 0.25) is 5.02 Å². The first kappa shape index (κ1) is 16.2. The van der Waals surface area contributed by atoms with E-state index in [0.717, 1.165) is 16.9 Å². The van der Waals surface area contributed by atoms with Crippen LogP contribution in [0.4, 0.5) is 5.13 Å². The Morgan fingerprint density at radius 3 is 2.76 bits per heavy atom. The molecule has 9 heteroatoms. The van der Waals surface area contributed by atoms with Gasteiger partial charge in [-0.05, 0) is 17.7 Å². The third kappa shape index (κ3) is 4.37. The monoisotopic (exact) mass is 346 g/mol. The van der Waals surface area contributed by atoms with Crippen LogP contribution in [0.5, 0.6) is 0 Å². The second kappa shape index (κ2) is 6.69. The normalized spacial score (nSPS) is 11.8. The van der Waals surface area contributed by atoms with Crippen molar-refractivity contribution in [2.45, 2.75) is 31.3 Å². The van der Waals surface area contributed by atoms with Gasteiger partial charge in [0.25, 0.3) is 10.0 Å². The van der Waals surface area contributed by atoms with Crippen molar-refractivity contribution in [3.8, 4) is 0 Å². The van der Waals surface area contributed by atoms with Crippen LogP contribution in [0.1, 0.15) is 19.4 Å². The van der Waals surface area contributed by atoms with E-state index in [-0.39, 0.29) is 15.0 Å². The lowest BCUT2D eigenvalue weighted by Gasteiger charge is -2.11. The molecule has 0 saturated carbocycles. The van der Waals surface area contributed by atoms with Gasteiger partial charge in [0.1, 0.15) is 10.4 Å². The summed E-state index contributed by atoms with van der Waals surface area (Å²) in [7, 11) is -3.78. The molecule has 0 saturated heterocycles. The Labute approximate surface area is 132 Å². The van der Waals surface area contributed by atoms with Crippen LogP contribution in [-0.4, -0.2) is 24.7 Å². The van der Waals surface area contributed by atoms with E-state index in [1.165, 1.54) is 5.51 Å². The van der Waals surface area contributed by atoms with Crippen molar-refractivity contribution < 1.29 is 8.42 Å². The number of nitrogens with zero attached hydrogens (tertiary/aromatic N) is 2. The van der Waals surface area contributed by atoms with Crippen molar-refractivity contribution in [1.82, 2.24) is 15.5 Å². The first-order chi connectivity index (χ1) is 9.88. The molecule has 0 fully saturated rings. The smallest absolute Gasteiger partial charge is 0.265 e. The van der Waals surface area contributed by atoms with Gasteiger partial charge in [-0.1, -0.05) is 42.9 Å². The Morgan fingerprint density at radius 1 is 1.38 bits per heavy atom. The lowest BCUT2D eigenvalue weighted by Crippen LogP contribution is -2.22. The summed E-state index contributed by atoms with van der Waals surface area (Å²) < 4.78 is 27.0.